The van der Waals surface area contributed by atoms with Crippen LogP contribution in [0.1, 0.15) is 10.4 Å². The number of benzene rings is 1. The standard InChI is InChI=1S/C7H6O2.Au/c8-7(9)6-4-2-1-3-5-6;/h1-5H,(H,8,9);/q;+1/p-1. The molecule has 0 unspecified atom stereocenters. The van der Waals surface area contributed by atoms with Crippen molar-refractivity contribution < 1.29 is 32.3 Å². The minimum Gasteiger partial charge on any atom is -0.545 e. The molecule has 10 heavy (non-hydrogen) atoms. The second-order valence-corrected chi connectivity index (χ2v) is 1.65. The Bertz CT molecular complexity index is 208. The van der Waals surface area contributed by atoms with E-state index in [1.807, 2.05) is 0 Å². The smallest absolute Gasteiger partial charge is 0.545 e. The summed E-state index contributed by atoms with van der Waals surface area (Å²) in [5, 5.41) is 10.1. The van der Waals surface area contributed by atoms with Crippen molar-refractivity contribution in [1.82, 2.24) is 0 Å². The molecule has 0 heterocycles. The Kier molecular flexibility index (Phi) is 4.03. The van der Waals surface area contributed by atoms with E-state index in [0.29, 0.717) is 0 Å². The average molecular weight is 318 g/mol. The van der Waals surface area contributed by atoms with Crippen molar-refractivity contribution in [2.75, 3.05) is 0 Å². The second kappa shape index (κ2) is 4.28. The molecule has 1 rings (SSSR count). The van der Waals surface area contributed by atoms with Gasteiger partial charge < -0.3 is 9.90 Å². The zero-order valence-corrected chi connectivity index (χ0v) is 7.17. The fourth-order valence-corrected chi connectivity index (χ4v) is 0.574. The molecule has 0 N–H and O–H groups in total. The van der Waals surface area contributed by atoms with Gasteiger partial charge in [-0.15, -0.1) is 0 Å². The maximum Gasteiger partial charge on any atom is 1.00 e. The number of rotatable bonds is 1. The summed E-state index contributed by atoms with van der Waals surface area (Å²) in [4.78, 5) is 10.1. The van der Waals surface area contributed by atoms with Gasteiger partial charge in [0.15, 0.2) is 0 Å². The number of aromatic carboxylic acids is 1. The summed E-state index contributed by atoms with van der Waals surface area (Å²) in [6.45, 7) is 0. The monoisotopic (exact) mass is 318 g/mol. The van der Waals surface area contributed by atoms with Crippen molar-refractivity contribution in [1.29, 1.82) is 0 Å². The van der Waals surface area contributed by atoms with Gasteiger partial charge in [-0.25, -0.2) is 0 Å². The van der Waals surface area contributed by atoms with Crippen molar-refractivity contribution in [2.24, 2.45) is 0 Å². The summed E-state index contributed by atoms with van der Waals surface area (Å²) in [6.07, 6.45) is 0. The summed E-state index contributed by atoms with van der Waals surface area (Å²) in [5.74, 6) is -1.13. The van der Waals surface area contributed by atoms with E-state index in [2.05, 4.69) is 0 Å². The molecule has 0 saturated heterocycles. The van der Waals surface area contributed by atoms with Crippen LogP contribution < -0.4 is 5.11 Å². The number of carboxylic acid groups (broad SMARTS) is 1. The van der Waals surface area contributed by atoms with Crippen LogP contribution in [0.15, 0.2) is 30.3 Å². The number of carboxylic acids is 1. The first-order valence-electron chi connectivity index (χ1n) is 2.57. The summed E-state index contributed by atoms with van der Waals surface area (Å²) in [6, 6.07) is 8.06. The first-order chi connectivity index (χ1) is 4.30. The Morgan fingerprint density at radius 3 is 2.00 bits per heavy atom. The van der Waals surface area contributed by atoms with Gasteiger partial charge in [-0.05, 0) is 5.56 Å². The minimum atomic E-state index is -1.13. The third-order valence-corrected chi connectivity index (χ3v) is 1.01. The molecule has 56 valence electrons. The molecule has 0 atom stereocenters. The molecule has 0 aliphatic carbocycles. The molecule has 1 aromatic carbocycles. The van der Waals surface area contributed by atoms with Gasteiger partial charge in [0.2, 0.25) is 0 Å². The molecule has 0 bridgehead atoms. The summed E-state index contributed by atoms with van der Waals surface area (Å²) >= 11 is 0. The maximum atomic E-state index is 10.1. The van der Waals surface area contributed by atoms with Gasteiger partial charge in [0.25, 0.3) is 0 Å². The quantitative estimate of drug-likeness (QED) is 0.687. The van der Waals surface area contributed by atoms with E-state index in [-0.39, 0.29) is 27.9 Å². The van der Waals surface area contributed by atoms with Crippen molar-refractivity contribution in [3.63, 3.8) is 0 Å². The summed E-state index contributed by atoms with van der Waals surface area (Å²) in [5.41, 5.74) is 0.220. The predicted molar refractivity (Wildman–Crippen MR) is 30.8 cm³/mol. The normalized spacial score (nSPS) is 8.00. The van der Waals surface area contributed by atoms with Gasteiger partial charge in [0, 0.05) is 0 Å². The Labute approximate surface area is 74.4 Å². The zero-order valence-electron chi connectivity index (χ0n) is 5.00. The fraction of sp³-hybridized carbons (Fsp3) is 0. The van der Waals surface area contributed by atoms with Gasteiger partial charge in [0.1, 0.15) is 0 Å². The molecule has 0 spiro atoms. The Morgan fingerprint density at radius 2 is 1.70 bits per heavy atom. The molecule has 2 nitrogen and oxygen atoms in total. The largest absolute Gasteiger partial charge is 1.00 e. The molecule has 0 aliphatic heterocycles. The molecule has 0 aromatic heterocycles. The fourth-order valence-electron chi connectivity index (χ4n) is 0.574. The number of carbonyl (C=O) groups excluding carboxylic acids is 1. The topological polar surface area (TPSA) is 40.1 Å². The Balaban J connectivity index is 0.000000810. The van der Waals surface area contributed by atoms with Gasteiger partial charge in [0.05, 0.1) is 5.97 Å². The van der Waals surface area contributed by atoms with E-state index in [1.54, 1.807) is 18.2 Å². The van der Waals surface area contributed by atoms with Gasteiger partial charge >= 0.3 is 22.4 Å². The first-order valence-corrected chi connectivity index (χ1v) is 2.57. The number of hydrogen-bond acceptors (Lipinski definition) is 2. The van der Waals surface area contributed by atoms with Gasteiger partial charge in [-0.1, -0.05) is 30.3 Å². The second-order valence-electron chi connectivity index (χ2n) is 1.65. The SMILES string of the molecule is O=C([O-])c1ccccc1.[Au+]. The summed E-state index contributed by atoms with van der Waals surface area (Å²) < 4.78 is 0. The van der Waals surface area contributed by atoms with E-state index in [9.17, 15) is 9.90 Å². The molecule has 0 amide bonds. The molecule has 0 fully saturated rings. The molecular weight excluding hydrogens is 313 g/mol. The van der Waals surface area contributed by atoms with E-state index in [4.69, 9.17) is 0 Å². The van der Waals surface area contributed by atoms with Crippen molar-refractivity contribution in [3.05, 3.63) is 35.9 Å². The molecule has 1 aromatic rings. The Morgan fingerprint density at radius 1 is 1.20 bits per heavy atom. The minimum absolute atomic E-state index is 0. The first kappa shape index (κ1) is 9.43. The number of carbonyl (C=O) groups is 1. The van der Waals surface area contributed by atoms with Crippen LogP contribution in [0.4, 0.5) is 0 Å². The van der Waals surface area contributed by atoms with Crippen LogP contribution in [-0.4, -0.2) is 5.97 Å². The van der Waals surface area contributed by atoms with E-state index in [1.165, 1.54) is 12.1 Å². The van der Waals surface area contributed by atoms with Crippen LogP contribution in [0, 0.1) is 0 Å². The van der Waals surface area contributed by atoms with Crippen molar-refractivity contribution >= 4 is 5.97 Å². The van der Waals surface area contributed by atoms with Crippen LogP contribution in [0.2, 0.25) is 0 Å². The van der Waals surface area contributed by atoms with Gasteiger partial charge in [-0.2, -0.15) is 0 Å². The molecule has 0 saturated carbocycles. The summed E-state index contributed by atoms with van der Waals surface area (Å²) in [7, 11) is 0. The number of hydrogen-bond donors (Lipinski definition) is 0. The molecule has 0 aliphatic rings. The third-order valence-electron chi connectivity index (χ3n) is 1.01. The van der Waals surface area contributed by atoms with Crippen molar-refractivity contribution in [3.8, 4) is 0 Å². The van der Waals surface area contributed by atoms with Gasteiger partial charge in [-0.3, -0.25) is 0 Å². The molecule has 0 radical (unpaired) electrons. The van der Waals surface area contributed by atoms with Crippen molar-refractivity contribution in [2.45, 2.75) is 0 Å². The van der Waals surface area contributed by atoms with Crippen LogP contribution >= 0.6 is 0 Å². The zero-order chi connectivity index (χ0) is 6.69. The third kappa shape index (κ3) is 2.35. The molecule has 3 heteroatoms. The van der Waals surface area contributed by atoms with E-state index in [0.717, 1.165) is 0 Å². The maximum absolute atomic E-state index is 10.1. The Hall–Kier alpha value is -0.570. The van der Waals surface area contributed by atoms with Crippen LogP contribution in [0.3, 0.4) is 0 Å². The van der Waals surface area contributed by atoms with Crippen LogP contribution in [-0.2, 0) is 22.4 Å². The molecular formula is C7H5AuO2. The predicted octanol–water partition coefficient (Wildman–Crippen LogP) is 0.0476. The van der Waals surface area contributed by atoms with Crippen LogP contribution in [0.5, 0.6) is 0 Å². The van der Waals surface area contributed by atoms with E-state index >= 15 is 0 Å². The van der Waals surface area contributed by atoms with Crippen LogP contribution in [0.25, 0.3) is 0 Å². The van der Waals surface area contributed by atoms with E-state index < -0.39 is 5.97 Å². The average Bonchev–Trinajstić information content (AvgIpc) is 1.90.